The number of carbonyl (C=O) groups is 3. The fraction of sp³-hybridized carbons (Fsp3) is 0.111. The van der Waals surface area contributed by atoms with Crippen LogP contribution in [-0.2, 0) is 16.0 Å². The Morgan fingerprint density at radius 3 is 2.48 bits per heavy atom. The molecule has 0 aliphatic heterocycles. The van der Waals surface area contributed by atoms with Gasteiger partial charge in [-0.3, -0.25) is 9.59 Å². The second kappa shape index (κ2) is 7.14. The highest BCUT2D eigenvalue weighted by Crippen LogP contribution is 2.16. The number of nitriles is 1. The van der Waals surface area contributed by atoms with Crippen LogP contribution in [0.4, 0.5) is 0 Å². The normalized spacial score (nSPS) is 9.87. The topological polar surface area (TPSA) is 95.2 Å². The van der Waals surface area contributed by atoms with Gasteiger partial charge in [0.25, 0.3) is 0 Å². The number of carbonyl (C=O) groups excluding carboxylic acids is 2. The van der Waals surface area contributed by atoms with Crippen LogP contribution in [0.1, 0.15) is 33.5 Å². The van der Waals surface area contributed by atoms with E-state index in [9.17, 15) is 14.4 Å². The molecule has 0 radical (unpaired) electrons. The van der Waals surface area contributed by atoms with Crippen LogP contribution in [0.15, 0.2) is 48.5 Å². The number of hydrogen-bond acceptors (Lipinski definition) is 4. The molecule has 114 valence electrons. The van der Waals surface area contributed by atoms with Gasteiger partial charge in [0, 0.05) is 5.56 Å². The Morgan fingerprint density at radius 2 is 1.78 bits per heavy atom. The van der Waals surface area contributed by atoms with Crippen LogP contribution in [0.5, 0.6) is 0 Å². The van der Waals surface area contributed by atoms with E-state index in [2.05, 4.69) is 6.07 Å². The zero-order valence-electron chi connectivity index (χ0n) is 12.2. The van der Waals surface area contributed by atoms with E-state index < -0.39 is 24.0 Å². The van der Waals surface area contributed by atoms with Gasteiger partial charge in [0.05, 0.1) is 18.1 Å². The van der Waals surface area contributed by atoms with Gasteiger partial charge in [0.15, 0.2) is 5.78 Å². The average Bonchev–Trinajstić information content (AvgIpc) is 2.55. The molecular formula is C18H13NO4. The number of benzene rings is 2. The predicted molar refractivity (Wildman–Crippen MR) is 82.0 cm³/mol. The number of rotatable bonds is 6. The molecule has 2 aromatic carbocycles. The van der Waals surface area contributed by atoms with Gasteiger partial charge in [0.1, 0.15) is 0 Å². The maximum Gasteiger partial charge on any atom is 0.372 e. The number of aliphatic carboxylic acids is 1. The molecule has 0 saturated heterocycles. The SMILES string of the molecule is N#Cc1ccccc1Cc1cccc(C(=O)CC(=O)C(=O)O)c1. The third-order valence-electron chi connectivity index (χ3n) is 3.34. The van der Waals surface area contributed by atoms with Crippen molar-refractivity contribution in [1.82, 2.24) is 0 Å². The summed E-state index contributed by atoms with van der Waals surface area (Å²) in [6.07, 6.45) is -0.189. The molecule has 2 aromatic rings. The Hall–Kier alpha value is -3.26. The highest BCUT2D eigenvalue weighted by molar-refractivity contribution is 6.37. The predicted octanol–water partition coefficient (Wildman–Crippen LogP) is 2.38. The number of carboxylic acid groups (broad SMARTS) is 1. The minimum absolute atomic E-state index is 0.284. The van der Waals surface area contributed by atoms with E-state index in [1.54, 1.807) is 24.3 Å². The summed E-state index contributed by atoms with van der Waals surface area (Å²) in [7, 11) is 0. The van der Waals surface area contributed by atoms with Crippen LogP contribution >= 0.6 is 0 Å². The van der Waals surface area contributed by atoms with E-state index in [1.807, 2.05) is 18.2 Å². The molecule has 0 atom stereocenters. The van der Waals surface area contributed by atoms with Crippen molar-refractivity contribution in [2.45, 2.75) is 12.8 Å². The molecule has 0 saturated carbocycles. The molecule has 2 rings (SSSR count). The maximum atomic E-state index is 12.0. The standard InChI is InChI=1S/C18H13NO4/c19-11-15-6-2-1-5-13(15)8-12-4-3-7-14(9-12)16(20)10-17(21)18(22)23/h1-7,9H,8,10H2,(H,22,23). The van der Waals surface area contributed by atoms with Crippen molar-refractivity contribution in [1.29, 1.82) is 5.26 Å². The Kier molecular flexibility index (Phi) is 5.00. The first kappa shape index (κ1) is 16.1. The molecule has 5 heteroatoms. The Balaban J connectivity index is 2.20. The third-order valence-corrected chi connectivity index (χ3v) is 3.34. The van der Waals surface area contributed by atoms with Crippen LogP contribution in [-0.4, -0.2) is 22.6 Å². The lowest BCUT2D eigenvalue weighted by Gasteiger charge is -2.06. The van der Waals surface area contributed by atoms with Gasteiger partial charge in [-0.2, -0.15) is 5.26 Å². The second-order valence-electron chi connectivity index (χ2n) is 4.97. The summed E-state index contributed by atoms with van der Waals surface area (Å²) >= 11 is 0. The first-order valence-corrected chi connectivity index (χ1v) is 6.87. The summed E-state index contributed by atoms with van der Waals surface area (Å²) in [6, 6.07) is 15.9. The molecule has 0 unspecified atom stereocenters. The van der Waals surface area contributed by atoms with Crippen LogP contribution in [0.3, 0.4) is 0 Å². The van der Waals surface area contributed by atoms with Crippen LogP contribution in [0.2, 0.25) is 0 Å². The van der Waals surface area contributed by atoms with E-state index in [0.29, 0.717) is 12.0 Å². The van der Waals surface area contributed by atoms with Gasteiger partial charge in [0.2, 0.25) is 5.78 Å². The summed E-state index contributed by atoms with van der Waals surface area (Å²) in [5, 5.41) is 17.6. The lowest BCUT2D eigenvalue weighted by Crippen LogP contribution is -2.17. The van der Waals surface area contributed by atoms with Crippen LogP contribution in [0.25, 0.3) is 0 Å². The summed E-state index contributed by atoms with van der Waals surface area (Å²) in [5.41, 5.74) is 2.49. The molecule has 0 aromatic heterocycles. The van der Waals surface area contributed by atoms with Gasteiger partial charge in [-0.1, -0.05) is 36.4 Å². The number of carboxylic acids is 1. The molecule has 23 heavy (non-hydrogen) atoms. The van der Waals surface area contributed by atoms with Gasteiger partial charge >= 0.3 is 5.97 Å². The van der Waals surface area contributed by atoms with Crippen molar-refractivity contribution >= 4 is 17.5 Å². The monoisotopic (exact) mass is 307 g/mol. The third kappa shape index (κ3) is 4.11. The van der Waals surface area contributed by atoms with E-state index in [-0.39, 0.29) is 5.56 Å². The second-order valence-corrected chi connectivity index (χ2v) is 4.97. The molecule has 1 N–H and O–H groups in total. The molecule has 0 aliphatic carbocycles. The fourth-order valence-electron chi connectivity index (χ4n) is 2.18. The summed E-state index contributed by atoms with van der Waals surface area (Å²) in [4.78, 5) is 33.6. The Labute approximate surface area is 132 Å². The van der Waals surface area contributed by atoms with Gasteiger partial charge in [-0.05, 0) is 29.7 Å². The molecule has 5 nitrogen and oxygen atoms in total. The van der Waals surface area contributed by atoms with Gasteiger partial charge < -0.3 is 5.11 Å². The molecule has 0 amide bonds. The van der Waals surface area contributed by atoms with Crippen molar-refractivity contribution in [3.8, 4) is 6.07 Å². The van der Waals surface area contributed by atoms with E-state index >= 15 is 0 Å². The van der Waals surface area contributed by atoms with Crippen molar-refractivity contribution in [2.24, 2.45) is 0 Å². The van der Waals surface area contributed by atoms with Gasteiger partial charge in [-0.15, -0.1) is 0 Å². The molecule has 0 heterocycles. The zero-order chi connectivity index (χ0) is 16.8. The van der Waals surface area contributed by atoms with E-state index in [0.717, 1.165) is 11.1 Å². The average molecular weight is 307 g/mol. The molecule has 0 spiro atoms. The molecular weight excluding hydrogens is 294 g/mol. The van der Waals surface area contributed by atoms with Gasteiger partial charge in [-0.25, -0.2) is 4.79 Å². The molecule has 0 fully saturated rings. The highest BCUT2D eigenvalue weighted by atomic mass is 16.4. The van der Waals surface area contributed by atoms with Crippen molar-refractivity contribution in [2.75, 3.05) is 0 Å². The van der Waals surface area contributed by atoms with Crippen LogP contribution < -0.4 is 0 Å². The zero-order valence-corrected chi connectivity index (χ0v) is 12.2. The van der Waals surface area contributed by atoms with E-state index in [4.69, 9.17) is 10.4 Å². The van der Waals surface area contributed by atoms with Crippen LogP contribution in [0, 0.1) is 11.3 Å². The van der Waals surface area contributed by atoms with Crippen molar-refractivity contribution in [3.63, 3.8) is 0 Å². The smallest absolute Gasteiger partial charge is 0.372 e. The molecule has 0 aliphatic rings. The summed E-state index contributed by atoms with van der Waals surface area (Å²) in [6.45, 7) is 0. The maximum absolute atomic E-state index is 12.0. The lowest BCUT2D eigenvalue weighted by molar-refractivity contribution is -0.148. The fourth-order valence-corrected chi connectivity index (χ4v) is 2.18. The largest absolute Gasteiger partial charge is 0.475 e. The quantitative estimate of drug-likeness (QED) is 0.502. The number of ketones is 2. The van der Waals surface area contributed by atoms with Crippen molar-refractivity contribution in [3.05, 3.63) is 70.8 Å². The van der Waals surface area contributed by atoms with E-state index in [1.165, 1.54) is 6.07 Å². The highest BCUT2D eigenvalue weighted by Gasteiger charge is 2.18. The summed E-state index contributed by atoms with van der Waals surface area (Å²) < 4.78 is 0. The van der Waals surface area contributed by atoms with Crippen molar-refractivity contribution < 1.29 is 19.5 Å². The first-order chi connectivity index (χ1) is 11.0. The Morgan fingerprint density at radius 1 is 1.04 bits per heavy atom. The first-order valence-electron chi connectivity index (χ1n) is 6.87. The number of nitrogens with zero attached hydrogens (tertiary/aromatic N) is 1. The molecule has 0 bridgehead atoms. The number of hydrogen-bond donors (Lipinski definition) is 1. The number of Topliss-reactive ketones (excluding diaryl/α,β-unsaturated/α-hetero) is 2. The summed E-state index contributed by atoms with van der Waals surface area (Å²) in [5.74, 6) is -3.28. The minimum atomic E-state index is -1.61. The lowest BCUT2D eigenvalue weighted by atomic mass is 9.97. The Bertz CT molecular complexity index is 818. The minimum Gasteiger partial charge on any atom is -0.475 e.